The van der Waals surface area contributed by atoms with E-state index < -0.39 is 6.17 Å². The van der Waals surface area contributed by atoms with Crippen molar-refractivity contribution in [2.75, 3.05) is 13.1 Å². The summed E-state index contributed by atoms with van der Waals surface area (Å²) in [6, 6.07) is 7.49. The molecule has 1 aromatic carbocycles. The lowest BCUT2D eigenvalue weighted by molar-refractivity contribution is 0.179. The van der Waals surface area contributed by atoms with Gasteiger partial charge < -0.3 is 14.8 Å². The van der Waals surface area contributed by atoms with Crippen molar-refractivity contribution in [3.8, 4) is 5.75 Å². The molecule has 1 saturated heterocycles. The highest BCUT2D eigenvalue weighted by Gasteiger charge is 2.27. The number of hydrogen-bond donors (Lipinski definition) is 2. The normalized spacial score (nSPS) is 22.5. The van der Waals surface area contributed by atoms with Crippen molar-refractivity contribution < 1.29 is 13.9 Å². The summed E-state index contributed by atoms with van der Waals surface area (Å²) < 4.78 is 20.5. The number of nitrogens with one attached hydrogen (secondary N) is 1. The summed E-state index contributed by atoms with van der Waals surface area (Å²) in [5, 5.41) is 22.7. The van der Waals surface area contributed by atoms with Crippen LogP contribution in [-0.4, -0.2) is 29.4 Å². The third-order valence-corrected chi connectivity index (χ3v) is 5.79. The molecule has 0 radical (unpaired) electrons. The number of furan rings is 1. The average Bonchev–Trinajstić information content (AvgIpc) is 3.28. The highest BCUT2D eigenvalue weighted by molar-refractivity contribution is 5.94. The van der Waals surface area contributed by atoms with Gasteiger partial charge in [-0.05, 0) is 61.6 Å². The first-order valence-electron chi connectivity index (χ1n) is 9.79. The minimum Gasteiger partial charge on any atom is -0.504 e. The van der Waals surface area contributed by atoms with Crippen LogP contribution in [-0.2, 0) is 6.42 Å². The zero-order valence-corrected chi connectivity index (χ0v) is 16.0. The maximum Gasteiger partial charge on any atom is 0.183 e. The molecule has 6 nitrogen and oxygen atoms in total. The molecule has 148 valence electrons. The number of aryl methyl sites for hydroxylation is 1. The van der Waals surface area contributed by atoms with E-state index in [0.29, 0.717) is 41.2 Å². The van der Waals surface area contributed by atoms with E-state index in [1.54, 1.807) is 12.3 Å². The maximum absolute atomic E-state index is 14.4. The second-order valence-electron chi connectivity index (χ2n) is 7.63. The van der Waals surface area contributed by atoms with Crippen LogP contribution in [0.2, 0.25) is 0 Å². The highest BCUT2D eigenvalue weighted by Crippen LogP contribution is 2.41. The number of alkyl halides is 1. The van der Waals surface area contributed by atoms with Gasteiger partial charge in [-0.2, -0.15) is 0 Å². The lowest BCUT2D eigenvalue weighted by Crippen LogP contribution is -2.39. The Morgan fingerprint density at radius 1 is 1.31 bits per heavy atom. The van der Waals surface area contributed by atoms with E-state index in [2.05, 4.69) is 20.5 Å². The first-order chi connectivity index (χ1) is 14.1. The van der Waals surface area contributed by atoms with Gasteiger partial charge in [0.2, 0.25) is 0 Å². The van der Waals surface area contributed by atoms with Crippen LogP contribution in [0.1, 0.15) is 28.9 Å². The van der Waals surface area contributed by atoms with Gasteiger partial charge in [-0.1, -0.05) is 6.07 Å². The predicted molar refractivity (Wildman–Crippen MR) is 109 cm³/mol. The van der Waals surface area contributed by atoms with Gasteiger partial charge in [-0.3, -0.25) is 0 Å². The van der Waals surface area contributed by atoms with Crippen molar-refractivity contribution >= 4 is 28.6 Å². The number of piperidine rings is 1. The summed E-state index contributed by atoms with van der Waals surface area (Å²) in [5.41, 5.74) is 3.97. The molecule has 0 spiro atoms. The predicted octanol–water partition coefficient (Wildman–Crippen LogP) is 4.93. The van der Waals surface area contributed by atoms with Crippen molar-refractivity contribution in [3.05, 3.63) is 52.9 Å². The van der Waals surface area contributed by atoms with Gasteiger partial charge in [0.25, 0.3) is 0 Å². The smallest absolute Gasteiger partial charge is 0.183 e. The number of aromatic nitrogens is 1. The number of aromatic hydroxyl groups is 1. The molecule has 2 aliphatic rings. The molecule has 0 bridgehead atoms. The number of pyridine rings is 1. The Hall–Kier alpha value is -3.06. The summed E-state index contributed by atoms with van der Waals surface area (Å²) in [5.74, 6) is 0.866. The topological polar surface area (TPSA) is 83.0 Å². The molecule has 3 aromatic rings. The van der Waals surface area contributed by atoms with Gasteiger partial charge in [-0.15, -0.1) is 10.2 Å². The number of benzene rings is 1. The molecule has 29 heavy (non-hydrogen) atoms. The SMILES string of the molecule is Cc1ccc2c(O)c(C=C3N=Nc4ncccc43)oc2c1CC1CCNC[C@H]1F. The monoisotopic (exact) mass is 392 g/mol. The minimum absolute atomic E-state index is 0.0587. The number of rotatable bonds is 3. The van der Waals surface area contributed by atoms with Crippen LogP contribution in [0.4, 0.5) is 10.2 Å². The average molecular weight is 392 g/mol. The summed E-state index contributed by atoms with van der Waals surface area (Å²) in [7, 11) is 0. The molecule has 2 N–H and O–H groups in total. The van der Waals surface area contributed by atoms with Crippen LogP contribution in [0.15, 0.2) is 45.1 Å². The fourth-order valence-electron chi connectivity index (χ4n) is 4.10. The van der Waals surface area contributed by atoms with Crippen LogP contribution in [0.5, 0.6) is 5.75 Å². The van der Waals surface area contributed by atoms with Crippen LogP contribution < -0.4 is 5.32 Å². The second-order valence-corrected chi connectivity index (χ2v) is 7.63. The number of hydrogen-bond acceptors (Lipinski definition) is 6. The standard InChI is InChI=1S/C22H21FN4O2/c1-12-4-5-15-20(28)19(10-18-14-3-2-7-25-22(14)27-26-18)29-21(15)16(12)9-13-6-8-24-11-17(13)23/h2-5,7,10,13,17,24,28H,6,8-9,11H2,1H3/t13?,17-/m1/s1. The van der Waals surface area contributed by atoms with E-state index in [0.717, 1.165) is 29.7 Å². The molecule has 4 heterocycles. The first-order valence-corrected chi connectivity index (χ1v) is 9.79. The Balaban J connectivity index is 1.57. The Kier molecular flexibility index (Phi) is 4.39. The van der Waals surface area contributed by atoms with Crippen LogP contribution in [0, 0.1) is 12.8 Å². The van der Waals surface area contributed by atoms with Gasteiger partial charge in [0.15, 0.2) is 17.3 Å². The van der Waals surface area contributed by atoms with E-state index in [-0.39, 0.29) is 11.7 Å². The molecule has 5 rings (SSSR count). The van der Waals surface area contributed by atoms with Gasteiger partial charge in [0.05, 0.1) is 5.39 Å². The van der Waals surface area contributed by atoms with Gasteiger partial charge >= 0.3 is 0 Å². The second kappa shape index (κ2) is 7.08. The molecule has 0 amide bonds. The zero-order chi connectivity index (χ0) is 20.0. The lowest BCUT2D eigenvalue weighted by Gasteiger charge is -2.27. The van der Waals surface area contributed by atoms with E-state index in [9.17, 15) is 9.50 Å². The van der Waals surface area contributed by atoms with Crippen LogP contribution in [0.3, 0.4) is 0 Å². The summed E-state index contributed by atoms with van der Waals surface area (Å²) in [6.07, 6.45) is 3.82. The Labute approximate surface area is 167 Å². The van der Waals surface area contributed by atoms with E-state index in [1.807, 2.05) is 31.2 Å². The molecule has 2 aromatic heterocycles. The summed E-state index contributed by atoms with van der Waals surface area (Å²) >= 11 is 0. The molecule has 0 saturated carbocycles. The van der Waals surface area contributed by atoms with Crippen LogP contribution >= 0.6 is 0 Å². The number of azo groups is 1. The van der Waals surface area contributed by atoms with Crippen molar-refractivity contribution in [2.24, 2.45) is 16.1 Å². The molecule has 0 aliphatic carbocycles. The minimum atomic E-state index is -0.883. The number of halogens is 1. The van der Waals surface area contributed by atoms with Gasteiger partial charge in [-0.25, -0.2) is 9.37 Å². The maximum atomic E-state index is 14.4. The fourth-order valence-corrected chi connectivity index (χ4v) is 4.10. The van der Waals surface area contributed by atoms with Gasteiger partial charge in [0.1, 0.15) is 17.5 Å². The molecule has 2 atom stereocenters. The summed E-state index contributed by atoms with van der Waals surface area (Å²) in [6.45, 7) is 3.20. The largest absolute Gasteiger partial charge is 0.504 e. The molecular formula is C22H21FN4O2. The van der Waals surface area contributed by atoms with E-state index in [4.69, 9.17) is 4.42 Å². The third-order valence-electron chi connectivity index (χ3n) is 5.79. The molecule has 1 unspecified atom stereocenters. The van der Waals surface area contributed by atoms with Crippen molar-refractivity contribution in [1.82, 2.24) is 10.3 Å². The summed E-state index contributed by atoms with van der Waals surface area (Å²) in [4.78, 5) is 4.18. The molecule has 1 fully saturated rings. The Bertz CT molecular complexity index is 1150. The quantitative estimate of drug-likeness (QED) is 0.662. The van der Waals surface area contributed by atoms with Crippen LogP contribution in [0.25, 0.3) is 22.7 Å². The van der Waals surface area contributed by atoms with E-state index >= 15 is 0 Å². The van der Waals surface area contributed by atoms with E-state index in [1.165, 1.54) is 0 Å². The first kappa shape index (κ1) is 18.0. The van der Waals surface area contributed by atoms with Crippen molar-refractivity contribution in [3.63, 3.8) is 0 Å². The Morgan fingerprint density at radius 2 is 2.21 bits per heavy atom. The molecular weight excluding hydrogens is 371 g/mol. The third kappa shape index (κ3) is 3.11. The highest BCUT2D eigenvalue weighted by atomic mass is 19.1. The van der Waals surface area contributed by atoms with Gasteiger partial charge in [0, 0.05) is 24.4 Å². The molecule has 7 heteroatoms. The molecule has 2 aliphatic heterocycles. The number of fused-ring (bicyclic) bond motifs is 2. The lowest BCUT2D eigenvalue weighted by atomic mass is 9.87. The zero-order valence-electron chi connectivity index (χ0n) is 16.0. The van der Waals surface area contributed by atoms with Crippen molar-refractivity contribution in [1.29, 1.82) is 0 Å². The number of nitrogens with zero attached hydrogens (tertiary/aromatic N) is 3. The fraction of sp³-hybridized carbons (Fsp3) is 0.318. The Morgan fingerprint density at radius 3 is 3.07 bits per heavy atom. The van der Waals surface area contributed by atoms with Crippen molar-refractivity contribution in [2.45, 2.75) is 25.9 Å².